The molecule has 1 saturated heterocycles. The first-order chi connectivity index (χ1) is 10.0. The Morgan fingerprint density at radius 3 is 3.05 bits per heavy atom. The minimum atomic E-state index is -0.152. The fourth-order valence-corrected chi connectivity index (χ4v) is 4.84. The van der Waals surface area contributed by atoms with Gasteiger partial charge in [0.05, 0.1) is 5.60 Å². The van der Waals surface area contributed by atoms with Crippen LogP contribution in [0.3, 0.4) is 0 Å². The maximum Gasteiger partial charge on any atom is 0.0854 e. The van der Waals surface area contributed by atoms with Gasteiger partial charge in [0.1, 0.15) is 0 Å². The number of hydrogen-bond donors (Lipinski definition) is 1. The predicted octanol–water partition coefficient (Wildman–Crippen LogP) is 4.46. The molecule has 112 valence electrons. The van der Waals surface area contributed by atoms with E-state index in [-0.39, 0.29) is 5.60 Å². The first kappa shape index (κ1) is 15.4. The van der Waals surface area contributed by atoms with Gasteiger partial charge in [-0.2, -0.15) is 0 Å². The van der Waals surface area contributed by atoms with E-state index in [2.05, 4.69) is 59.0 Å². The largest absolute Gasteiger partial charge is 0.377 e. The highest BCUT2D eigenvalue weighted by atomic mass is 79.9. The van der Waals surface area contributed by atoms with Gasteiger partial charge in [0.25, 0.3) is 0 Å². The van der Waals surface area contributed by atoms with Crippen LogP contribution in [0.5, 0.6) is 0 Å². The molecular weight excluding hydrogens is 346 g/mol. The normalized spacial score (nSPS) is 28.7. The molecule has 0 radical (unpaired) electrons. The zero-order chi connectivity index (χ0) is 15.0. The van der Waals surface area contributed by atoms with Crippen molar-refractivity contribution in [1.82, 2.24) is 5.32 Å². The summed E-state index contributed by atoms with van der Waals surface area (Å²) in [5, 5.41) is 3.44. The average Bonchev–Trinajstić information content (AvgIpc) is 2.48. The maximum absolute atomic E-state index is 5.83. The minimum Gasteiger partial charge on any atom is -0.377 e. The lowest BCUT2D eigenvalue weighted by atomic mass is 9.82. The molecule has 2 aliphatic heterocycles. The summed E-state index contributed by atoms with van der Waals surface area (Å²) in [6.07, 6.45) is 1.10. The number of fused-ring (bicyclic) bond motifs is 1. The van der Waals surface area contributed by atoms with Gasteiger partial charge in [0, 0.05) is 45.0 Å². The van der Waals surface area contributed by atoms with E-state index in [1.54, 1.807) is 0 Å². The van der Waals surface area contributed by atoms with Crippen molar-refractivity contribution < 1.29 is 4.74 Å². The Kier molecular flexibility index (Phi) is 4.35. The number of hydrogen-bond acceptors (Lipinski definition) is 3. The molecule has 0 aromatic heterocycles. The highest BCUT2D eigenvalue weighted by Crippen LogP contribution is 2.46. The molecule has 21 heavy (non-hydrogen) atoms. The van der Waals surface area contributed by atoms with Crippen LogP contribution in [0.25, 0.3) is 5.57 Å². The molecule has 3 rings (SSSR count). The lowest BCUT2D eigenvalue weighted by Gasteiger charge is -2.41. The summed E-state index contributed by atoms with van der Waals surface area (Å²) >= 11 is 5.40. The molecule has 2 aliphatic rings. The van der Waals surface area contributed by atoms with Crippen molar-refractivity contribution in [3.05, 3.63) is 38.9 Å². The van der Waals surface area contributed by atoms with E-state index in [1.807, 2.05) is 18.9 Å². The quantitative estimate of drug-likeness (QED) is 0.781. The zero-order valence-electron chi connectivity index (χ0n) is 12.6. The highest BCUT2D eigenvalue weighted by Gasteiger charge is 2.40. The van der Waals surface area contributed by atoms with Gasteiger partial charge in [-0.15, -0.1) is 5.73 Å². The summed E-state index contributed by atoms with van der Waals surface area (Å²) < 4.78 is 6.95. The van der Waals surface area contributed by atoms with E-state index < -0.39 is 0 Å². The van der Waals surface area contributed by atoms with Crippen LogP contribution in [0.4, 0.5) is 0 Å². The van der Waals surface area contributed by atoms with Crippen molar-refractivity contribution >= 4 is 33.3 Å². The molecule has 2 nitrogen and oxygen atoms in total. The molecule has 0 bridgehead atoms. The molecule has 0 spiro atoms. The average molecular weight is 366 g/mol. The molecule has 0 amide bonds. The van der Waals surface area contributed by atoms with Crippen LogP contribution in [0, 0.1) is 5.92 Å². The summed E-state index contributed by atoms with van der Waals surface area (Å²) in [6, 6.07) is 6.49. The van der Waals surface area contributed by atoms with E-state index >= 15 is 0 Å². The summed E-state index contributed by atoms with van der Waals surface area (Å²) in [5.74, 6) is 0.403. The first-order valence-electron chi connectivity index (χ1n) is 7.24. The van der Waals surface area contributed by atoms with Crippen LogP contribution in [-0.2, 0) is 4.74 Å². The minimum absolute atomic E-state index is 0.152. The zero-order valence-corrected chi connectivity index (χ0v) is 15.0. The number of thioether (sulfide) groups is 1. The Hall–Kier alpha value is -0.510. The number of nitrogens with one attached hydrogen (secondary N) is 1. The number of methoxy groups -OCH3 is 1. The molecule has 0 saturated carbocycles. The Morgan fingerprint density at radius 1 is 1.48 bits per heavy atom. The van der Waals surface area contributed by atoms with Crippen molar-refractivity contribution in [1.29, 1.82) is 0 Å². The second-order valence-electron chi connectivity index (χ2n) is 5.89. The second kappa shape index (κ2) is 5.94. The first-order valence-corrected chi connectivity index (χ1v) is 8.85. The smallest absolute Gasteiger partial charge is 0.0854 e. The SMILES string of the molecule is CO[C@@]1(C)CNCC[C@H]1C1=C=C(C)c2cc(Br)ccc2S1. The Balaban J connectivity index is 2.02. The molecule has 4 heteroatoms. The third kappa shape index (κ3) is 2.88. The van der Waals surface area contributed by atoms with Crippen molar-refractivity contribution in [2.75, 3.05) is 20.2 Å². The topological polar surface area (TPSA) is 21.3 Å². The molecule has 1 N–H and O–H groups in total. The van der Waals surface area contributed by atoms with Crippen molar-refractivity contribution in [2.45, 2.75) is 30.8 Å². The Morgan fingerprint density at radius 2 is 2.29 bits per heavy atom. The van der Waals surface area contributed by atoms with Gasteiger partial charge in [-0.1, -0.05) is 27.7 Å². The summed E-state index contributed by atoms with van der Waals surface area (Å²) in [4.78, 5) is 2.63. The Bertz CT molecular complexity index is 636. The van der Waals surface area contributed by atoms with Gasteiger partial charge in [-0.25, -0.2) is 0 Å². The fraction of sp³-hybridized carbons (Fsp3) is 0.471. The van der Waals surface area contributed by atoms with Crippen LogP contribution in [0.1, 0.15) is 25.8 Å². The summed E-state index contributed by atoms with van der Waals surface area (Å²) in [5.41, 5.74) is 5.98. The fourth-order valence-electron chi connectivity index (χ4n) is 3.07. The number of rotatable bonds is 2. The van der Waals surface area contributed by atoms with Crippen LogP contribution in [0.15, 0.2) is 38.2 Å². The second-order valence-corrected chi connectivity index (χ2v) is 7.89. The number of piperidine rings is 1. The van der Waals surface area contributed by atoms with Gasteiger partial charge in [-0.3, -0.25) is 0 Å². The summed E-state index contributed by atoms with van der Waals surface area (Å²) in [6.45, 7) is 6.29. The molecule has 1 aromatic carbocycles. The van der Waals surface area contributed by atoms with Crippen LogP contribution in [-0.4, -0.2) is 25.8 Å². The van der Waals surface area contributed by atoms with Crippen LogP contribution in [0.2, 0.25) is 0 Å². The standard InChI is InChI=1S/C17H20BrNOS/c1-11-8-16(14-6-7-19-10-17(14,2)20-3)21-15-5-4-12(18)9-13(11)15/h4-5,9,14,19H,6-7,10H2,1-3H3/t14-,17-/m0/s1. The molecule has 1 fully saturated rings. The third-order valence-electron chi connectivity index (χ3n) is 4.48. The molecule has 1 aromatic rings. The highest BCUT2D eigenvalue weighted by molar-refractivity contribution is 9.10. The number of benzene rings is 1. The molecular formula is C17H20BrNOS. The molecule has 2 atom stereocenters. The Labute approximate surface area is 139 Å². The van der Waals surface area contributed by atoms with Crippen LogP contribution < -0.4 is 5.32 Å². The maximum atomic E-state index is 5.83. The lowest BCUT2D eigenvalue weighted by Crippen LogP contribution is -2.51. The molecule has 0 aliphatic carbocycles. The van der Waals surface area contributed by atoms with Crippen molar-refractivity contribution in [3.8, 4) is 0 Å². The van der Waals surface area contributed by atoms with Crippen LogP contribution >= 0.6 is 27.7 Å². The van der Waals surface area contributed by atoms with Gasteiger partial charge >= 0.3 is 0 Å². The van der Waals surface area contributed by atoms with E-state index in [0.717, 1.165) is 24.0 Å². The predicted molar refractivity (Wildman–Crippen MR) is 92.5 cm³/mol. The lowest BCUT2D eigenvalue weighted by molar-refractivity contribution is -0.0424. The van der Waals surface area contributed by atoms with E-state index in [4.69, 9.17) is 4.74 Å². The summed E-state index contributed by atoms with van der Waals surface area (Å²) in [7, 11) is 1.82. The van der Waals surface area contributed by atoms with E-state index in [9.17, 15) is 0 Å². The van der Waals surface area contributed by atoms with Gasteiger partial charge in [0.15, 0.2) is 0 Å². The van der Waals surface area contributed by atoms with Gasteiger partial charge in [0.2, 0.25) is 0 Å². The number of halogens is 1. The van der Waals surface area contributed by atoms with E-state index in [0.29, 0.717) is 5.92 Å². The van der Waals surface area contributed by atoms with Gasteiger partial charge < -0.3 is 10.1 Å². The van der Waals surface area contributed by atoms with Crippen molar-refractivity contribution in [2.24, 2.45) is 5.92 Å². The van der Waals surface area contributed by atoms with Gasteiger partial charge in [-0.05, 0) is 45.0 Å². The molecule has 2 heterocycles. The third-order valence-corrected chi connectivity index (χ3v) is 6.16. The van der Waals surface area contributed by atoms with Crippen molar-refractivity contribution in [3.63, 3.8) is 0 Å². The molecule has 0 unspecified atom stereocenters. The monoisotopic (exact) mass is 365 g/mol. The van der Waals surface area contributed by atoms with E-state index in [1.165, 1.54) is 20.9 Å². The number of ether oxygens (including phenoxy) is 1.